The average molecular weight is 281 g/mol. The van der Waals surface area contributed by atoms with E-state index in [9.17, 15) is 14.9 Å². The van der Waals surface area contributed by atoms with Gasteiger partial charge >= 0.3 is 0 Å². The molecule has 1 unspecified atom stereocenters. The van der Waals surface area contributed by atoms with Crippen LogP contribution in [0.2, 0.25) is 0 Å². The van der Waals surface area contributed by atoms with Gasteiger partial charge in [-0.25, -0.2) is 0 Å². The second-order valence-corrected chi connectivity index (χ2v) is 5.62. The second kappa shape index (κ2) is 5.92. The molecule has 7 heteroatoms. The third-order valence-electron chi connectivity index (χ3n) is 3.06. The molecule has 2 rings (SSSR count). The lowest BCUT2D eigenvalue weighted by molar-refractivity contribution is -0.383. The zero-order valence-electron chi connectivity index (χ0n) is 10.3. The number of nitrogen functional groups attached to an aromatic ring is 1. The Morgan fingerprint density at radius 3 is 3.00 bits per heavy atom. The van der Waals surface area contributed by atoms with Crippen LogP contribution in [0.3, 0.4) is 0 Å². The van der Waals surface area contributed by atoms with Crippen LogP contribution in [0.25, 0.3) is 0 Å². The highest BCUT2D eigenvalue weighted by molar-refractivity contribution is 7.99. The first kappa shape index (κ1) is 13.7. The van der Waals surface area contributed by atoms with Crippen LogP contribution in [-0.2, 0) is 0 Å². The fourth-order valence-corrected chi connectivity index (χ4v) is 3.21. The molecule has 0 saturated carbocycles. The third kappa shape index (κ3) is 3.37. The summed E-state index contributed by atoms with van der Waals surface area (Å²) in [6.45, 7) is 0.615. The van der Waals surface area contributed by atoms with Gasteiger partial charge in [0.25, 0.3) is 11.6 Å². The highest BCUT2D eigenvalue weighted by Crippen LogP contribution is 2.24. The lowest BCUT2D eigenvalue weighted by Gasteiger charge is -2.10. The SMILES string of the molecule is Nc1ccc(C(=O)NCC2CCSC2)cc1[N+](=O)[O-]. The van der Waals surface area contributed by atoms with Crippen molar-refractivity contribution in [3.05, 3.63) is 33.9 Å². The van der Waals surface area contributed by atoms with Gasteiger partial charge in [-0.1, -0.05) is 0 Å². The summed E-state index contributed by atoms with van der Waals surface area (Å²) in [4.78, 5) is 22.1. The molecule has 1 aromatic carbocycles. The number of rotatable bonds is 4. The van der Waals surface area contributed by atoms with E-state index in [2.05, 4.69) is 5.32 Å². The van der Waals surface area contributed by atoms with Crippen molar-refractivity contribution in [2.75, 3.05) is 23.8 Å². The Hall–Kier alpha value is -1.76. The predicted octanol–water partition coefficient (Wildman–Crippen LogP) is 1.66. The summed E-state index contributed by atoms with van der Waals surface area (Å²) in [6, 6.07) is 4.10. The van der Waals surface area contributed by atoms with Crippen molar-refractivity contribution >= 4 is 29.0 Å². The van der Waals surface area contributed by atoms with Gasteiger partial charge in [-0.3, -0.25) is 14.9 Å². The second-order valence-electron chi connectivity index (χ2n) is 4.47. The molecule has 3 N–H and O–H groups in total. The molecule has 1 amide bonds. The van der Waals surface area contributed by atoms with Crippen LogP contribution in [0, 0.1) is 16.0 Å². The molecule has 1 saturated heterocycles. The summed E-state index contributed by atoms with van der Waals surface area (Å²) in [5, 5.41) is 13.6. The van der Waals surface area contributed by atoms with Gasteiger partial charge in [0.2, 0.25) is 0 Å². The molecule has 0 aliphatic carbocycles. The van der Waals surface area contributed by atoms with E-state index in [1.807, 2.05) is 11.8 Å². The first-order chi connectivity index (χ1) is 9.08. The van der Waals surface area contributed by atoms with E-state index in [4.69, 9.17) is 5.73 Å². The van der Waals surface area contributed by atoms with Gasteiger partial charge < -0.3 is 11.1 Å². The molecular formula is C12H15N3O3S. The van der Waals surface area contributed by atoms with Gasteiger partial charge in [0.1, 0.15) is 5.69 Å². The molecule has 6 nitrogen and oxygen atoms in total. The number of nitrogens with two attached hydrogens (primary N) is 1. The number of benzene rings is 1. The average Bonchev–Trinajstić information content (AvgIpc) is 2.89. The highest BCUT2D eigenvalue weighted by Gasteiger charge is 2.18. The van der Waals surface area contributed by atoms with E-state index in [0.717, 1.165) is 17.9 Å². The van der Waals surface area contributed by atoms with Gasteiger partial charge in [0.15, 0.2) is 0 Å². The van der Waals surface area contributed by atoms with E-state index in [-0.39, 0.29) is 22.8 Å². The van der Waals surface area contributed by atoms with E-state index in [1.165, 1.54) is 18.2 Å². The van der Waals surface area contributed by atoms with Crippen LogP contribution < -0.4 is 11.1 Å². The normalized spacial score (nSPS) is 18.2. The van der Waals surface area contributed by atoms with Crippen molar-refractivity contribution in [3.8, 4) is 0 Å². The Kier molecular flexibility index (Phi) is 4.26. The molecule has 1 fully saturated rings. The number of anilines is 1. The van der Waals surface area contributed by atoms with E-state index >= 15 is 0 Å². The summed E-state index contributed by atoms with van der Waals surface area (Å²) in [5.41, 5.74) is 5.59. The number of nitrogens with one attached hydrogen (secondary N) is 1. The topological polar surface area (TPSA) is 98.3 Å². The number of thioether (sulfide) groups is 1. The molecule has 0 bridgehead atoms. The zero-order valence-corrected chi connectivity index (χ0v) is 11.1. The summed E-state index contributed by atoms with van der Waals surface area (Å²) >= 11 is 1.88. The molecule has 19 heavy (non-hydrogen) atoms. The van der Waals surface area contributed by atoms with Gasteiger partial charge in [-0.2, -0.15) is 11.8 Å². The quantitative estimate of drug-likeness (QED) is 0.497. The van der Waals surface area contributed by atoms with Crippen LogP contribution >= 0.6 is 11.8 Å². The Balaban J connectivity index is 2.02. The predicted molar refractivity (Wildman–Crippen MR) is 75.3 cm³/mol. The van der Waals surface area contributed by atoms with E-state index in [1.54, 1.807) is 0 Å². The van der Waals surface area contributed by atoms with Gasteiger partial charge in [-0.15, -0.1) is 0 Å². The number of amides is 1. The fourth-order valence-electron chi connectivity index (χ4n) is 1.93. The first-order valence-electron chi connectivity index (χ1n) is 5.98. The first-order valence-corrected chi connectivity index (χ1v) is 7.13. The van der Waals surface area contributed by atoms with E-state index in [0.29, 0.717) is 12.5 Å². The molecule has 0 spiro atoms. The van der Waals surface area contributed by atoms with Crippen LogP contribution in [-0.4, -0.2) is 28.9 Å². The maximum absolute atomic E-state index is 11.9. The monoisotopic (exact) mass is 281 g/mol. The zero-order chi connectivity index (χ0) is 13.8. The standard InChI is InChI=1S/C12H15N3O3S/c13-10-2-1-9(5-11(10)15(17)18)12(16)14-6-8-3-4-19-7-8/h1-2,5,8H,3-4,6-7,13H2,(H,14,16). The highest BCUT2D eigenvalue weighted by atomic mass is 32.2. The molecule has 102 valence electrons. The number of carbonyl (C=O) groups is 1. The summed E-state index contributed by atoms with van der Waals surface area (Å²) < 4.78 is 0. The van der Waals surface area contributed by atoms with Crippen LogP contribution in [0.4, 0.5) is 11.4 Å². The van der Waals surface area contributed by atoms with Crippen molar-refractivity contribution < 1.29 is 9.72 Å². The Labute approximate surface area is 114 Å². The molecule has 1 aliphatic rings. The largest absolute Gasteiger partial charge is 0.393 e. The summed E-state index contributed by atoms with van der Waals surface area (Å²) in [5.74, 6) is 2.40. The van der Waals surface area contributed by atoms with Crippen molar-refractivity contribution in [3.63, 3.8) is 0 Å². The minimum Gasteiger partial charge on any atom is -0.393 e. The van der Waals surface area contributed by atoms with Crippen molar-refractivity contribution in [1.29, 1.82) is 0 Å². The Morgan fingerprint density at radius 2 is 2.37 bits per heavy atom. The molecule has 1 heterocycles. The minimum absolute atomic E-state index is 0.0637. The number of carbonyl (C=O) groups excluding carboxylic acids is 1. The summed E-state index contributed by atoms with van der Waals surface area (Å²) in [6.07, 6.45) is 1.10. The van der Waals surface area contributed by atoms with Crippen molar-refractivity contribution in [2.24, 2.45) is 5.92 Å². The van der Waals surface area contributed by atoms with E-state index < -0.39 is 4.92 Å². The molecule has 1 aromatic rings. The maximum atomic E-state index is 11.9. The number of hydrogen-bond donors (Lipinski definition) is 2. The van der Waals surface area contributed by atoms with Crippen molar-refractivity contribution in [2.45, 2.75) is 6.42 Å². The van der Waals surface area contributed by atoms with Crippen LogP contribution in [0.15, 0.2) is 18.2 Å². The molecule has 1 atom stereocenters. The van der Waals surface area contributed by atoms with Gasteiger partial charge in [0, 0.05) is 18.2 Å². The lowest BCUT2D eigenvalue weighted by atomic mass is 10.1. The smallest absolute Gasteiger partial charge is 0.292 e. The van der Waals surface area contributed by atoms with Gasteiger partial charge in [0.05, 0.1) is 4.92 Å². The Morgan fingerprint density at radius 1 is 1.58 bits per heavy atom. The number of nitrogens with zero attached hydrogens (tertiary/aromatic N) is 1. The van der Waals surface area contributed by atoms with Crippen molar-refractivity contribution in [1.82, 2.24) is 5.32 Å². The third-order valence-corrected chi connectivity index (χ3v) is 4.30. The van der Waals surface area contributed by atoms with Crippen LogP contribution in [0.5, 0.6) is 0 Å². The maximum Gasteiger partial charge on any atom is 0.292 e. The molecule has 0 radical (unpaired) electrons. The Bertz CT molecular complexity index is 501. The molecule has 1 aliphatic heterocycles. The van der Waals surface area contributed by atoms with Crippen LogP contribution in [0.1, 0.15) is 16.8 Å². The lowest BCUT2D eigenvalue weighted by Crippen LogP contribution is -2.29. The fraction of sp³-hybridized carbons (Fsp3) is 0.417. The number of nitro groups is 1. The summed E-state index contributed by atoms with van der Waals surface area (Å²) in [7, 11) is 0. The number of hydrogen-bond acceptors (Lipinski definition) is 5. The number of nitro benzene ring substituents is 1. The molecule has 0 aromatic heterocycles. The van der Waals surface area contributed by atoms with Gasteiger partial charge in [-0.05, 0) is 36.0 Å². The minimum atomic E-state index is -0.584. The molecular weight excluding hydrogens is 266 g/mol.